The first-order valence-corrected chi connectivity index (χ1v) is 18.7. The molecule has 0 bridgehead atoms. The molecule has 0 rings (SSSR count). The lowest BCUT2D eigenvalue weighted by Gasteiger charge is -2.36. The Balaban J connectivity index is 5.96. The van der Waals surface area contributed by atoms with Crippen LogP contribution in [0.25, 0.3) is 0 Å². The standard InChI is InChI=1S/C40H68N6O8/c1-15-17-18-28(7)21-30(24-48)44(12)37(51)31(19-26(3)4)43-35(49)22-29(23-47)42-36(50)33(16-2)45(13)39(53)34(20-27(5)6)46(14)38(52)32(41-11)25-54-40(8,9)10/h15,17-18,23-24,26-27,29-34,41H,1,7,16,19-22,25H2,2-6,8-14H3,(H,42,50)(H,43,49)/b18-17-/t29?,30-,31?,32-,33-,34-/m0/s1. The van der Waals surface area contributed by atoms with E-state index >= 15 is 0 Å². The first-order chi connectivity index (χ1) is 25.1. The first-order valence-electron chi connectivity index (χ1n) is 18.7. The number of hydrogen-bond acceptors (Lipinski definition) is 9. The monoisotopic (exact) mass is 761 g/mol. The normalized spacial score (nSPS) is 15.0. The molecular formula is C40H68N6O8. The molecule has 0 aromatic rings. The van der Waals surface area contributed by atoms with E-state index in [-0.39, 0.29) is 43.6 Å². The summed E-state index contributed by atoms with van der Waals surface area (Å²) >= 11 is 0. The number of nitrogens with zero attached hydrogens (tertiary/aromatic N) is 3. The van der Waals surface area contributed by atoms with Gasteiger partial charge < -0.3 is 45.0 Å². The van der Waals surface area contributed by atoms with Gasteiger partial charge in [0.25, 0.3) is 0 Å². The summed E-state index contributed by atoms with van der Waals surface area (Å²) in [6, 6.07) is -5.72. The van der Waals surface area contributed by atoms with Crippen molar-refractivity contribution in [3.05, 3.63) is 37.0 Å². The molecular weight excluding hydrogens is 692 g/mol. The number of nitrogens with one attached hydrogen (secondary N) is 3. The molecule has 306 valence electrons. The van der Waals surface area contributed by atoms with Gasteiger partial charge in [-0.15, -0.1) is 0 Å². The zero-order valence-electron chi connectivity index (χ0n) is 34.8. The molecule has 2 unspecified atom stereocenters. The molecule has 0 saturated heterocycles. The van der Waals surface area contributed by atoms with E-state index in [2.05, 4.69) is 29.1 Å². The summed E-state index contributed by atoms with van der Waals surface area (Å²) in [6.45, 7) is 22.6. The summed E-state index contributed by atoms with van der Waals surface area (Å²) in [7, 11) is 6.14. The molecule has 0 fully saturated rings. The predicted molar refractivity (Wildman–Crippen MR) is 211 cm³/mol. The highest BCUT2D eigenvalue weighted by Gasteiger charge is 2.37. The number of allylic oxidation sites excluding steroid dienone is 3. The first kappa shape index (κ1) is 49.8. The number of rotatable bonds is 25. The fourth-order valence-corrected chi connectivity index (χ4v) is 5.69. The summed E-state index contributed by atoms with van der Waals surface area (Å²) in [5.41, 5.74) is 0.131. The second-order valence-corrected chi connectivity index (χ2v) is 15.5. The number of likely N-dealkylation sites (N-methyl/N-ethyl adjacent to an activating group) is 4. The summed E-state index contributed by atoms with van der Waals surface area (Å²) < 4.78 is 5.83. The third-order valence-electron chi connectivity index (χ3n) is 8.81. The minimum absolute atomic E-state index is 0.0115. The van der Waals surface area contributed by atoms with Gasteiger partial charge in [0.1, 0.15) is 36.7 Å². The lowest BCUT2D eigenvalue weighted by Crippen LogP contribution is -2.58. The van der Waals surface area contributed by atoms with Crippen molar-refractivity contribution in [3.8, 4) is 0 Å². The van der Waals surface area contributed by atoms with Crippen LogP contribution in [0, 0.1) is 11.8 Å². The molecule has 54 heavy (non-hydrogen) atoms. The van der Waals surface area contributed by atoms with Gasteiger partial charge in [0, 0.05) is 21.1 Å². The molecule has 0 aliphatic heterocycles. The number of aldehydes is 2. The van der Waals surface area contributed by atoms with Crippen molar-refractivity contribution >= 4 is 42.1 Å². The zero-order chi connectivity index (χ0) is 41.9. The van der Waals surface area contributed by atoms with Crippen molar-refractivity contribution in [2.75, 3.05) is 34.8 Å². The Hall–Kier alpha value is -4.17. The summed E-state index contributed by atoms with van der Waals surface area (Å²) in [5, 5.41) is 8.22. The number of hydrogen-bond donors (Lipinski definition) is 3. The van der Waals surface area contributed by atoms with Gasteiger partial charge in [-0.2, -0.15) is 0 Å². The fraction of sp³-hybridized carbons (Fsp3) is 0.675. The van der Waals surface area contributed by atoms with Crippen LogP contribution in [0.1, 0.15) is 87.5 Å². The molecule has 0 aromatic heterocycles. The van der Waals surface area contributed by atoms with Crippen LogP contribution in [0.15, 0.2) is 37.0 Å². The van der Waals surface area contributed by atoms with E-state index in [1.807, 2.05) is 48.5 Å². The fourth-order valence-electron chi connectivity index (χ4n) is 5.69. The Kier molecular flexibility index (Phi) is 22.4. The van der Waals surface area contributed by atoms with E-state index in [9.17, 15) is 33.6 Å². The van der Waals surface area contributed by atoms with Gasteiger partial charge in [0.15, 0.2) is 0 Å². The average Bonchev–Trinajstić information content (AvgIpc) is 3.09. The van der Waals surface area contributed by atoms with Crippen molar-refractivity contribution in [3.63, 3.8) is 0 Å². The molecule has 0 saturated carbocycles. The molecule has 0 radical (unpaired) electrons. The molecule has 3 N–H and O–H groups in total. The Morgan fingerprint density at radius 1 is 0.778 bits per heavy atom. The van der Waals surface area contributed by atoms with Crippen molar-refractivity contribution in [2.45, 2.75) is 129 Å². The Bertz CT molecular complexity index is 1320. The van der Waals surface area contributed by atoms with Crippen LogP contribution >= 0.6 is 0 Å². The third kappa shape index (κ3) is 17.3. The molecule has 0 aliphatic carbocycles. The zero-order valence-corrected chi connectivity index (χ0v) is 34.8. The summed E-state index contributed by atoms with van der Waals surface area (Å²) in [5.74, 6) is -2.59. The van der Waals surface area contributed by atoms with Gasteiger partial charge in [0.2, 0.25) is 29.5 Å². The molecule has 0 spiro atoms. The van der Waals surface area contributed by atoms with Crippen LogP contribution in [0.5, 0.6) is 0 Å². The molecule has 0 aromatic carbocycles. The average molecular weight is 761 g/mol. The van der Waals surface area contributed by atoms with Crippen LogP contribution < -0.4 is 16.0 Å². The predicted octanol–water partition coefficient (Wildman–Crippen LogP) is 2.82. The van der Waals surface area contributed by atoms with Crippen molar-refractivity contribution < 1.29 is 38.3 Å². The molecule has 14 heteroatoms. The maximum atomic E-state index is 14.0. The quantitative estimate of drug-likeness (QED) is 0.0934. The Morgan fingerprint density at radius 2 is 1.33 bits per heavy atom. The highest BCUT2D eigenvalue weighted by atomic mass is 16.5. The van der Waals surface area contributed by atoms with Crippen molar-refractivity contribution in [2.24, 2.45) is 11.8 Å². The van der Waals surface area contributed by atoms with E-state index < -0.39 is 71.9 Å². The van der Waals surface area contributed by atoms with E-state index in [0.29, 0.717) is 24.6 Å². The summed E-state index contributed by atoms with van der Waals surface area (Å²) in [6.07, 6.45) is 6.48. The van der Waals surface area contributed by atoms with Crippen molar-refractivity contribution in [1.29, 1.82) is 0 Å². The SMILES string of the molecule is C=C/C=C\C(=C)C[C@@H](C=O)N(C)C(=O)C(CC(C)C)NC(=O)CC(C=O)NC(=O)[C@H](CC)N(C)C(=O)[C@H](CC(C)C)N(C)C(=O)[C@H](COC(C)(C)C)NC. The third-order valence-corrected chi connectivity index (χ3v) is 8.81. The summed E-state index contributed by atoms with van der Waals surface area (Å²) in [4.78, 5) is 95.8. The minimum Gasteiger partial charge on any atom is -0.374 e. The Morgan fingerprint density at radius 3 is 1.80 bits per heavy atom. The second-order valence-electron chi connectivity index (χ2n) is 15.5. The highest BCUT2D eigenvalue weighted by Crippen LogP contribution is 2.18. The number of carbonyl (C=O) groups is 7. The van der Waals surface area contributed by atoms with Crippen LogP contribution in [0.3, 0.4) is 0 Å². The lowest BCUT2D eigenvalue weighted by atomic mass is 9.99. The van der Waals surface area contributed by atoms with Gasteiger partial charge in [-0.3, -0.25) is 24.0 Å². The Labute approximate surface area is 323 Å². The maximum absolute atomic E-state index is 14.0. The smallest absolute Gasteiger partial charge is 0.245 e. The lowest BCUT2D eigenvalue weighted by molar-refractivity contribution is -0.150. The van der Waals surface area contributed by atoms with Gasteiger partial charge in [-0.25, -0.2) is 0 Å². The number of carbonyl (C=O) groups excluding carboxylic acids is 7. The van der Waals surface area contributed by atoms with Crippen LogP contribution in [-0.4, -0.2) is 133 Å². The number of amides is 5. The largest absolute Gasteiger partial charge is 0.374 e. The van der Waals surface area contributed by atoms with Crippen LogP contribution in [0.2, 0.25) is 0 Å². The van der Waals surface area contributed by atoms with Crippen molar-refractivity contribution in [1.82, 2.24) is 30.7 Å². The molecule has 6 atom stereocenters. The van der Waals surface area contributed by atoms with Gasteiger partial charge in [-0.05, 0) is 65.3 Å². The topological polar surface area (TPSA) is 175 Å². The van der Waals surface area contributed by atoms with Crippen LogP contribution in [-0.2, 0) is 38.3 Å². The minimum atomic E-state index is -1.26. The molecule has 0 aliphatic rings. The van der Waals surface area contributed by atoms with Gasteiger partial charge >= 0.3 is 0 Å². The van der Waals surface area contributed by atoms with E-state index in [0.717, 1.165) is 0 Å². The van der Waals surface area contributed by atoms with E-state index in [1.165, 1.54) is 28.8 Å². The maximum Gasteiger partial charge on any atom is 0.245 e. The van der Waals surface area contributed by atoms with Gasteiger partial charge in [0.05, 0.1) is 30.7 Å². The van der Waals surface area contributed by atoms with E-state index in [4.69, 9.17) is 4.74 Å². The highest BCUT2D eigenvalue weighted by molar-refractivity contribution is 5.94. The molecule has 14 nitrogen and oxygen atoms in total. The second kappa shape index (κ2) is 24.3. The van der Waals surface area contributed by atoms with Gasteiger partial charge in [-0.1, -0.05) is 71.6 Å². The van der Waals surface area contributed by atoms with E-state index in [1.54, 1.807) is 39.2 Å². The molecule has 5 amide bonds. The number of ether oxygens (including phenoxy) is 1. The molecule has 0 heterocycles. The van der Waals surface area contributed by atoms with Crippen LogP contribution in [0.4, 0.5) is 0 Å².